The number of aryl methyl sites for hydroxylation is 1. The molecule has 1 aliphatic carbocycles. The van der Waals surface area contributed by atoms with E-state index in [0.29, 0.717) is 5.69 Å². The molecule has 426 valence electrons. The third kappa shape index (κ3) is 12.4. The smallest absolute Gasteiger partial charge is 0.214 e. The fourth-order valence-electron chi connectivity index (χ4n) is 9.70. The first-order valence-corrected chi connectivity index (χ1v) is 24.8. The summed E-state index contributed by atoms with van der Waals surface area (Å²) in [6.07, 6.45) is -35.9. The predicted octanol–water partition coefficient (Wildman–Crippen LogP) is -10.2. The summed E-state index contributed by atoms with van der Waals surface area (Å²) >= 11 is 12.2. The lowest BCUT2D eigenvalue weighted by molar-refractivity contribution is -0.376. The fourth-order valence-corrected chi connectivity index (χ4v) is 10.3. The Labute approximate surface area is 431 Å². The predicted molar refractivity (Wildman–Crippen MR) is 239 cm³/mol. The Bertz CT molecular complexity index is 1950. The minimum atomic E-state index is -2.14. The molecule has 0 saturated carbocycles. The molecule has 5 fully saturated rings. The molecule has 32 heteroatoms. The summed E-state index contributed by atoms with van der Waals surface area (Å²) in [5.41, 5.74) is 0.416. The van der Waals surface area contributed by atoms with Gasteiger partial charge in [0.2, 0.25) is 5.79 Å². The van der Waals surface area contributed by atoms with Gasteiger partial charge in [-0.3, -0.25) is 0 Å². The van der Waals surface area contributed by atoms with Crippen LogP contribution in [0.1, 0.15) is 19.0 Å². The van der Waals surface area contributed by atoms with Crippen molar-refractivity contribution in [2.24, 2.45) is 0 Å². The highest BCUT2D eigenvalue weighted by atomic mass is 35.5. The van der Waals surface area contributed by atoms with Crippen LogP contribution in [0, 0.1) is 0 Å². The Balaban J connectivity index is 0.875. The van der Waals surface area contributed by atoms with Crippen LogP contribution in [-0.4, -0.2) is 311 Å². The van der Waals surface area contributed by atoms with Gasteiger partial charge in [0.15, 0.2) is 25.2 Å². The number of halogens is 2. The molecule has 7 rings (SSSR count). The van der Waals surface area contributed by atoms with Crippen molar-refractivity contribution in [3.8, 4) is 0 Å². The Morgan fingerprint density at radius 1 is 0.662 bits per heavy atom. The number of hydrogen-bond acceptors (Lipinski definition) is 29. The van der Waals surface area contributed by atoms with Crippen LogP contribution in [-0.2, 0) is 55.6 Å². The molecule has 74 heavy (non-hydrogen) atoms. The number of hydrogen-bond donors (Lipinski definition) is 18. The van der Waals surface area contributed by atoms with E-state index < -0.39 is 203 Å². The molecule has 0 aromatic carbocycles. The minimum Gasteiger partial charge on any atom is -0.394 e. The van der Waals surface area contributed by atoms with Crippen LogP contribution >= 0.6 is 23.2 Å². The number of alkyl halides is 2. The number of rotatable bonds is 20. The topological polar surface area (TPSA) is 470 Å². The van der Waals surface area contributed by atoms with Crippen LogP contribution in [0.4, 0.5) is 0 Å². The van der Waals surface area contributed by atoms with Crippen molar-refractivity contribution in [3.05, 3.63) is 23.5 Å². The van der Waals surface area contributed by atoms with E-state index in [2.05, 4.69) is 15.6 Å². The molecule has 0 amide bonds. The van der Waals surface area contributed by atoms with Crippen LogP contribution in [0.25, 0.3) is 0 Å². The molecular weight excluding hydrogens is 1050 g/mol. The summed E-state index contributed by atoms with van der Waals surface area (Å²) in [6.45, 7) is -1.82. The minimum absolute atomic E-state index is 0.00303. The number of aliphatic hydroxyl groups excluding tert-OH is 17. The summed E-state index contributed by atoms with van der Waals surface area (Å²) < 4.78 is 52.7. The second kappa shape index (κ2) is 25.7. The van der Waals surface area contributed by atoms with Crippen LogP contribution in [0.2, 0.25) is 0 Å². The molecule has 18 N–H and O–H groups in total. The summed E-state index contributed by atoms with van der Waals surface area (Å²) in [5.74, 6) is -2.71. The molecule has 9 unspecified atom stereocenters. The zero-order chi connectivity index (χ0) is 54.1. The molecule has 5 aliphatic heterocycles. The highest BCUT2D eigenvalue weighted by Gasteiger charge is 2.59. The maximum atomic E-state index is 11.2. The van der Waals surface area contributed by atoms with Gasteiger partial charge in [0.05, 0.1) is 74.7 Å². The van der Waals surface area contributed by atoms with Crippen LogP contribution in [0.3, 0.4) is 0 Å². The SMILES string of the molecule is CC1O[C@H](O[C@@H]2C(CO)O[C@H](O[C@@H]3C(CO)O[C@@H](OCCCc4cn(C[C@H]5O[C@@](CCl)(O[C@H]6O[C@H](CO)[C@H](Cl)[C@H](O)[C@H]6O)[C@@H](O)[C@@H]5O)nn4)C(O)C3O)C(O)C2O)C(O)C(O)[C@@H]1N[C@H]1C=C(CO)[C@@H](O)[C@H](O)[C@H]1O. The average Bonchev–Trinajstić information content (AvgIpc) is 3.94. The molecule has 1 aromatic heterocycles. The number of aromatic nitrogens is 3. The van der Waals surface area contributed by atoms with Gasteiger partial charge < -0.3 is 135 Å². The van der Waals surface area contributed by atoms with Gasteiger partial charge in [-0.05, 0) is 25.3 Å². The van der Waals surface area contributed by atoms with E-state index in [-0.39, 0.29) is 31.6 Å². The molecule has 0 spiro atoms. The second-order valence-electron chi connectivity index (χ2n) is 19.1. The van der Waals surface area contributed by atoms with Gasteiger partial charge >= 0.3 is 0 Å². The molecule has 5 saturated heterocycles. The van der Waals surface area contributed by atoms with Crippen molar-refractivity contribution in [2.75, 3.05) is 38.9 Å². The van der Waals surface area contributed by atoms with E-state index in [1.54, 1.807) is 0 Å². The monoisotopic (exact) mass is 1110 g/mol. The summed E-state index contributed by atoms with van der Waals surface area (Å²) in [5, 5.41) is 190. The number of nitrogens with one attached hydrogen (secondary N) is 1. The number of nitrogens with zero attached hydrogens (tertiary/aromatic N) is 3. The second-order valence-corrected chi connectivity index (χ2v) is 19.8. The van der Waals surface area contributed by atoms with Crippen molar-refractivity contribution in [1.29, 1.82) is 0 Å². The first-order valence-electron chi connectivity index (χ1n) is 23.9. The molecule has 30 nitrogen and oxygen atoms in total. The Hall–Kier alpha value is -1.62. The van der Waals surface area contributed by atoms with Crippen molar-refractivity contribution >= 4 is 23.2 Å². The summed E-state index contributed by atoms with van der Waals surface area (Å²) in [4.78, 5) is 0. The molecule has 1 aromatic rings. The third-order valence-corrected chi connectivity index (χ3v) is 15.0. The third-order valence-electron chi connectivity index (χ3n) is 14.1. The first-order chi connectivity index (χ1) is 35.1. The van der Waals surface area contributed by atoms with Crippen LogP contribution < -0.4 is 5.32 Å². The lowest BCUT2D eigenvalue weighted by atomic mass is 9.86. The molecule has 0 radical (unpaired) electrons. The number of aliphatic hydroxyl groups is 17. The quantitative estimate of drug-likeness (QED) is 0.0327. The Kier molecular flexibility index (Phi) is 20.8. The van der Waals surface area contributed by atoms with Crippen molar-refractivity contribution in [2.45, 2.75) is 197 Å². The molecule has 0 bridgehead atoms. The maximum absolute atomic E-state index is 11.2. The van der Waals surface area contributed by atoms with Crippen molar-refractivity contribution in [3.63, 3.8) is 0 Å². The van der Waals surface area contributed by atoms with Crippen molar-refractivity contribution < 1.29 is 129 Å². The normalized spacial score (nSPS) is 48.2. The number of ether oxygens (including phenoxy) is 9. The van der Waals surface area contributed by atoms with E-state index in [4.69, 9.17) is 65.8 Å². The molecular formula is C42H68Cl2N4O26. The van der Waals surface area contributed by atoms with E-state index in [0.717, 1.165) is 0 Å². The molecule has 6 aliphatic rings. The summed E-state index contributed by atoms with van der Waals surface area (Å²) in [7, 11) is 0. The Morgan fingerprint density at radius 3 is 1.84 bits per heavy atom. The Morgan fingerprint density at radius 2 is 1.23 bits per heavy atom. The lowest BCUT2D eigenvalue weighted by Gasteiger charge is -2.49. The van der Waals surface area contributed by atoms with Crippen LogP contribution in [0.15, 0.2) is 17.8 Å². The van der Waals surface area contributed by atoms with Gasteiger partial charge in [0, 0.05) is 6.20 Å². The van der Waals surface area contributed by atoms with Gasteiger partial charge in [0.25, 0.3) is 0 Å². The zero-order valence-electron chi connectivity index (χ0n) is 39.5. The van der Waals surface area contributed by atoms with E-state index >= 15 is 0 Å². The van der Waals surface area contributed by atoms with Gasteiger partial charge in [0.1, 0.15) is 116 Å². The molecule has 6 heterocycles. The maximum Gasteiger partial charge on any atom is 0.214 e. The van der Waals surface area contributed by atoms with E-state index in [1.165, 1.54) is 23.9 Å². The highest BCUT2D eigenvalue weighted by molar-refractivity contribution is 6.21. The molecule has 28 atom stereocenters. The van der Waals surface area contributed by atoms with Gasteiger partial charge in [-0.1, -0.05) is 11.3 Å². The zero-order valence-corrected chi connectivity index (χ0v) is 41.0. The summed E-state index contributed by atoms with van der Waals surface area (Å²) in [6, 6.07) is -2.26. The van der Waals surface area contributed by atoms with Gasteiger partial charge in [-0.2, -0.15) is 0 Å². The van der Waals surface area contributed by atoms with E-state index in [9.17, 15) is 86.8 Å². The van der Waals surface area contributed by atoms with Gasteiger partial charge in [-0.15, -0.1) is 28.3 Å². The average molecular weight is 1120 g/mol. The van der Waals surface area contributed by atoms with Crippen LogP contribution in [0.5, 0.6) is 0 Å². The van der Waals surface area contributed by atoms with Gasteiger partial charge in [-0.25, -0.2) is 4.68 Å². The lowest BCUT2D eigenvalue weighted by Crippen LogP contribution is -2.68. The standard InChI is InChI=1S/C42H68Cl2N4O26/c1-13-22(45-16-5-14(8-49)23(53)28(58)24(16)54)27(57)32(62)39(67-13)71-36-20(11-52)70-40(34(64)30(36)60)72-35-19(10-51)69-38(33(63)29(35)59)66-4-2-3-15-6-48(47-46-15)7-17-25(55)37(65)42(12-43,73-17)74-41-31(61)26(56)21(44)18(9-50)68-41/h5-6,13,16-41,45,49-65H,2-4,7-12H2,1H3/t13?,16-,17+,18+,19?,20?,21-,22+,23+,24-,25+,26-,27?,28-,29?,30?,31+,32?,33?,34?,35+,36+,37-,38+,39+,40+,41+,42-/m0/s1. The largest absolute Gasteiger partial charge is 0.394 e. The highest BCUT2D eigenvalue weighted by Crippen LogP contribution is 2.39. The van der Waals surface area contributed by atoms with Crippen molar-refractivity contribution in [1.82, 2.24) is 20.3 Å². The van der Waals surface area contributed by atoms with E-state index in [1.807, 2.05) is 0 Å². The first kappa shape index (κ1) is 60.0. The fraction of sp³-hybridized carbons (Fsp3) is 0.905.